The van der Waals surface area contributed by atoms with E-state index >= 15 is 0 Å². The summed E-state index contributed by atoms with van der Waals surface area (Å²) in [5, 5.41) is 0. The van der Waals surface area contributed by atoms with E-state index in [4.69, 9.17) is 13.9 Å². The van der Waals surface area contributed by atoms with Gasteiger partial charge in [0.05, 0.1) is 19.5 Å². The van der Waals surface area contributed by atoms with Crippen LogP contribution in [0.15, 0.2) is 28.4 Å². The molecule has 1 amide bonds. The highest BCUT2D eigenvalue weighted by Crippen LogP contribution is 2.35. The lowest BCUT2D eigenvalue weighted by Gasteiger charge is -2.33. The van der Waals surface area contributed by atoms with Crippen molar-refractivity contribution < 1.29 is 18.7 Å². The van der Waals surface area contributed by atoms with Crippen LogP contribution >= 0.6 is 0 Å². The van der Waals surface area contributed by atoms with E-state index in [0.717, 1.165) is 43.9 Å². The van der Waals surface area contributed by atoms with Gasteiger partial charge in [-0.1, -0.05) is 5.57 Å². The molecule has 0 aromatic carbocycles. The summed E-state index contributed by atoms with van der Waals surface area (Å²) < 4.78 is 16.9. The molecule has 3 aliphatic heterocycles. The minimum absolute atomic E-state index is 0.135. The molecule has 3 unspecified atom stereocenters. The van der Waals surface area contributed by atoms with E-state index in [-0.39, 0.29) is 12.0 Å². The van der Waals surface area contributed by atoms with Gasteiger partial charge in [0.2, 0.25) is 0 Å². The number of amides is 1. The van der Waals surface area contributed by atoms with Crippen LogP contribution in [0.1, 0.15) is 25.5 Å². The van der Waals surface area contributed by atoms with Crippen molar-refractivity contribution in [1.29, 1.82) is 0 Å². The van der Waals surface area contributed by atoms with Crippen LogP contribution in [0, 0.1) is 11.8 Å². The number of nitrogens with zero attached hydrogens (tertiary/aromatic N) is 1. The molecular weight excluding hydrogens is 294 g/mol. The molecule has 0 saturated carbocycles. The number of hydrogen-bond donors (Lipinski definition) is 0. The van der Waals surface area contributed by atoms with Gasteiger partial charge in [-0.2, -0.15) is 0 Å². The Hall–Kier alpha value is -1.59. The van der Waals surface area contributed by atoms with E-state index in [0.29, 0.717) is 25.0 Å². The van der Waals surface area contributed by atoms with Crippen LogP contribution in [-0.2, 0) is 14.3 Å². The van der Waals surface area contributed by atoms with Gasteiger partial charge in [-0.15, -0.1) is 0 Å². The molecule has 0 N–H and O–H groups in total. The molecule has 5 nitrogen and oxygen atoms in total. The zero-order valence-electron chi connectivity index (χ0n) is 13.5. The number of carbonyl (C=O) groups excluding carboxylic acids is 1. The van der Waals surface area contributed by atoms with Gasteiger partial charge in [0, 0.05) is 37.1 Å². The predicted octanol–water partition coefficient (Wildman–Crippen LogP) is 2.34. The third-order valence-corrected chi connectivity index (χ3v) is 5.41. The second kappa shape index (κ2) is 6.13. The van der Waals surface area contributed by atoms with Gasteiger partial charge in [-0.05, 0) is 31.9 Å². The molecule has 5 heteroatoms. The molecule has 0 spiro atoms. The fourth-order valence-electron chi connectivity index (χ4n) is 3.95. The lowest BCUT2D eigenvalue weighted by molar-refractivity contribution is -0.142. The second-order valence-corrected chi connectivity index (χ2v) is 6.79. The summed E-state index contributed by atoms with van der Waals surface area (Å²) >= 11 is 0. The van der Waals surface area contributed by atoms with Gasteiger partial charge < -0.3 is 18.8 Å². The Bertz CT molecular complexity index is 607. The fourth-order valence-corrected chi connectivity index (χ4v) is 3.95. The SMILES string of the molecule is CC1=C(c2ccco2)CN(C(=O)C2OCC3COCCC32)CC1. The molecule has 4 heterocycles. The van der Waals surface area contributed by atoms with E-state index in [1.165, 1.54) is 5.57 Å². The summed E-state index contributed by atoms with van der Waals surface area (Å²) in [6.45, 7) is 5.62. The van der Waals surface area contributed by atoms with E-state index < -0.39 is 0 Å². The lowest BCUT2D eigenvalue weighted by Crippen LogP contribution is -2.46. The van der Waals surface area contributed by atoms with Crippen molar-refractivity contribution in [1.82, 2.24) is 4.90 Å². The molecule has 2 saturated heterocycles. The van der Waals surface area contributed by atoms with Gasteiger partial charge in [0.25, 0.3) is 5.91 Å². The van der Waals surface area contributed by atoms with Crippen molar-refractivity contribution in [3.8, 4) is 0 Å². The van der Waals surface area contributed by atoms with Gasteiger partial charge >= 0.3 is 0 Å². The molecule has 0 bridgehead atoms. The third-order valence-electron chi connectivity index (χ3n) is 5.41. The predicted molar refractivity (Wildman–Crippen MR) is 84.7 cm³/mol. The summed E-state index contributed by atoms with van der Waals surface area (Å²) in [5.41, 5.74) is 2.44. The minimum atomic E-state index is -0.292. The molecule has 4 rings (SSSR count). The zero-order valence-corrected chi connectivity index (χ0v) is 13.5. The Labute approximate surface area is 136 Å². The van der Waals surface area contributed by atoms with Crippen LogP contribution in [0.3, 0.4) is 0 Å². The van der Waals surface area contributed by atoms with Crippen molar-refractivity contribution in [2.45, 2.75) is 25.9 Å². The summed E-state index contributed by atoms with van der Waals surface area (Å²) in [6.07, 6.45) is 3.21. The normalized spacial score (nSPS) is 31.3. The maximum absolute atomic E-state index is 13.0. The van der Waals surface area contributed by atoms with Crippen molar-refractivity contribution >= 4 is 11.5 Å². The Balaban J connectivity index is 1.49. The van der Waals surface area contributed by atoms with Crippen LogP contribution in [-0.4, -0.2) is 49.8 Å². The van der Waals surface area contributed by atoms with Crippen molar-refractivity contribution in [2.75, 3.05) is 32.9 Å². The Morgan fingerprint density at radius 3 is 3.09 bits per heavy atom. The van der Waals surface area contributed by atoms with Crippen molar-refractivity contribution in [3.63, 3.8) is 0 Å². The standard InChI is InChI=1S/C18H23NO4/c1-12-4-6-19(9-15(12)16-3-2-7-22-16)18(20)17-14-5-8-21-10-13(14)11-23-17/h2-3,7,13-14,17H,4-6,8-11H2,1H3. The van der Waals surface area contributed by atoms with Crippen LogP contribution < -0.4 is 0 Å². The van der Waals surface area contributed by atoms with Gasteiger partial charge in [-0.25, -0.2) is 0 Å². The van der Waals surface area contributed by atoms with Crippen LogP contribution in [0.5, 0.6) is 0 Å². The number of furan rings is 1. The molecule has 0 aliphatic carbocycles. The number of rotatable bonds is 2. The first-order chi connectivity index (χ1) is 11.2. The first-order valence-electron chi connectivity index (χ1n) is 8.44. The maximum Gasteiger partial charge on any atom is 0.252 e. The molecular formula is C18H23NO4. The zero-order chi connectivity index (χ0) is 15.8. The highest BCUT2D eigenvalue weighted by Gasteiger charge is 2.44. The minimum Gasteiger partial charge on any atom is -0.465 e. The highest BCUT2D eigenvalue weighted by atomic mass is 16.5. The molecule has 1 aromatic rings. The summed E-state index contributed by atoms with van der Waals surface area (Å²) in [4.78, 5) is 14.9. The average Bonchev–Trinajstić information content (AvgIpc) is 3.24. The van der Waals surface area contributed by atoms with E-state index in [1.807, 2.05) is 17.0 Å². The largest absolute Gasteiger partial charge is 0.465 e. The average molecular weight is 317 g/mol. The molecule has 23 heavy (non-hydrogen) atoms. The van der Waals surface area contributed by atoms with E-state index in [9.17, 15) is 4.79 Å². The van der Waals surface area contributed by atoms with Gasteiger partial charge in [0.1, 0.15) is 11.9 Å². The van der Waals surface area contributed by atoms with Crippen LogP contribution in [0.25, 0.3) is 5.57 Å². The first kappa shape index (κ1) is 15.0. The third kappa shape index (κ3) is 2.72. The Morgan fingerprint density at radius 2 is 2.26 bits per heavy atom. The van der Waals surface area contributed by atoms with Crippen LogP contribution in [0.2, 0.25) is 0 Å². The smallest absolute Gasteiger partial charge is 0.252 e. The molecule has 3 atom stereocenters. The van der Waals surface area contributed by atoms with E-state index in [1.54, 1.807) is 6.26 Å². The number of ether oxygens (including phenoxy) is 2. The molecule has 1 aromatic heterocycles. The monoisotopic (exact) mass is 317 g/mol. The van der Waals surface area contributed by atoms with E-state index in [2.05, 4.69) is 6.92 Å². The summed E-state index contributed by atoms with van der Waals surface area (Å²) in [7, 11) is 0. The van der Waals surface area contributed by atoms with Crippen molar-refractivity contribution in [3.05, 3.63) is 29.7 Å². The van der Waals surface area contributed by atoms with Gasteiger partial charge in [-0.3, -0.25) is 4.79 Å². The van der Waals surface area contributed by atoms with Crippen LogP contribution in [0.4, 0.5) is 0 Å². The fraction of sp³-hybridized carbons (Fsp3) is 0.611. The van der Waals surface area contributed by atoms with Crippen molar-refractivity contribution in [2.24, 2.45) is 11.8 Å². The summed E-state index contributed by atoms with van der Waals surface area (Å²) in [5.74, 6) is 1.70. The summed E-state index contributed by atoms with van der Waals surface area (Å²) in [6, 6.07) is 3.86. The topological polar surface area (TPSA) is 51.9 Å². The first-order valence-corrected chi connectivity index (χ1v) is 8.44. The molecule has 0 radical (unpaired) electrons. The number of carbonyl (C=O) groups is 1. The Kier molecular flexibility index (Phi) is 3.99. The second-order valence-electron chi connectivity index (χ2n) is 6.79. The molecule has 2 fully saturated rings. The van der Waals surface area contributed by atoms with Gasteiger partial charge in [0.15, 0.2) is 0 Å². The highest BCUT2D eigenvalue weighted by molar-refractivity contribution is 5.84. The number of hydrogen-bond acceptors (Lipinski definition) is 4. The maximum atomic E-state index is 13.0. The lowest BCUT2D eigenvalue weighted by atomic mass is 9.86. The number of fused-ring (bicyclic) bond motifs is 1. The molecule has 124 valence electrons. The quantitative estimate of drug-likeness (QED) is 0.840. The molecule has 3 aliphatic rings. The Morgan fingerprint density at radius 1 is 1.35 bits per heavy atom.